The van der Waals surface area contributed by atoms with E-state index in [0.29, 0.717) is 19.1 Å². The molecule has 2 heterocycles. The molecule has 0 saturated carbocycles. The first-order valence-corrected chi connectivity index (χ1v) is 9.55. The van der Waals surface area contributed by atoms with E-state index in [9.17, 15) is 9.50 Å². The molecular weight excluding hydrogens is 363 g/mol. The number of aliphatic hydroxyl groups excluding tert-OH is 1. The van der Waals surface area contributed by atoms with Crippen molar-refractivity contribution in [1.82, 2.24) is 9.80 Å². The SMILES string of the molecule is O[C@H](COc1ccc(F)cc1)CN1CCN(Cc2ccc3c(c2)OCO3)CC1. The largest absolute Gasteiger partial charge is 0.491 e. The lowest BCUT2D eigenvalue weighted by Crippen LogP contribution is -2.48. The Balaban J connectivity index is 1.18. The molecule has 1 saturated heterocycles. The molecule has 0 amide bonds. The lowest BCUT2D eigenvalue weighted by atomic mass is 10.1. The summed E-state index contributed by atoms with van der Waals surface area (Å²) in [6.07, 6.45) is -0.578. The van der Waals surface area contributed by atoms with Crippen molar-refractivity contribution < 1.29 is 23.7 Å². The number of halogens is 1. The Morgan fingerprint density at radius 3 is 2.46 bits per heavy atom. The average Bonchev–Trinajstić information content (AvgIpc) is 3.17. The van der Waals surface area contributed by atoms with Gasteiger partial charge in [-0.05, 0) is 42.0 Å². The summed E-state index contributed by atoms with van der Waals surface area (Å²) in [6.45, 7) is 5.63. The molecule has 2 aromatic carbocycles. The number of benzene rings is 2. The van der Waals surface area contributed by atoms with Crippen LogP contribution in [0.3, 0.4) is 0 Å². The van der Waals surface area contributed by atoms with Crippen LogP contribution < -0.4 is 14.2 Å². The summed E-state index contributed by atoms with van der Waals surface area (Å²) in [4.78, 5) is 4.64. The van der Waals surface area contributed by atoms with Crippen molar-refractivity contribution in [3.8, 4) is 17.2 Å². The van der Waals surface area contributed by atoms with E-state index >= 15 is 0 Å². The molecule has 0 unspecified atom stereocenters. The maximum absolute atomic E-state index is 12.9. The third-order valence-corrected chi connectivity index (χ3v) is 5.03. The quantitative estimate of drug-likeness (QED) is 0.784. The van der Waals surface area contributed by atoms with E-state index in [1.807, 2.05) is 12.1 Å². The van der Waals surface area contributed by atoms with Crippen LogP contribution in [-0.2, 0) is 6.54 Å². The van der Waals surface area contributed by atoms with Crippen LogP contribution >= 0.6 is 0 Å². The molecule has 0 aromatic heterocycles. The molecule has 150 valence electrons. The summed E-state index contributed by atoms with van der Waals surface area (Å²) in [5.74, 6) is 1.89. The zero-order valence-electron chi connectivity index (χ0n) is 15.7. The summed E-state index contributed by atoms with van der Waals surface area (Å²) < 4.78 is 29.2. The van der Waals surface area contributed by atoms with Gasteiger partial charge in [-0.3, -0.25) is 9.80 Å². The molecular formula is C21H25FN2O4. The van der Waals surface area contributed by atoms with Crippen LogP contribution in [0.25, 0.3) is 0 Å². The Kier molecular flexibility index (Phi) is 5.95. The highest BCUT2D eigenvalue weighted by Gasteiger charge is 2.20. The number of hydrogen-bond acceptors (Lipinski definition) is 6. The van der Waals surface area contributed by atoms with Gasteiger partial charge in [0, 0.05) is 39.3 Å². The van der Waals surface area contributed by atoms with E-state index in [4.69, 9.17) is 14.2 Å². The fourth-order valence-electron chi connectivity index (χ4n) is 3.50. The molecule has 4 rings (SSSR count). The zero-order valence-corrected chi connectivity index (χ0v) is 15.7. The van der Waals surface area contributed by atoms with Gasteiger partial charge in [-0.15, -0.1) is 0 Å². The number of nitrogens with zero attached hydrogens (tertiary/aromatic N) is 2. The van der Waals surface area contributed by atoms with Gasteiger partial charge < -0.3 is 19.3 Å². The van der Waals surface area contributed by atoms with E-state index in [0.717, 1.165) is 44.2 Å². The Morgan fingerprint density at radius 2 is 1.68 bits per heavy atom. The Bertz CT molecular complexity index is 778. The second kappa shape index (κ2) is 8.77. The molecule has 6 nitrogen and oxygen atoms in total. The first-order valence-electron chi connectivity index (χ1n) is 9.55. The van der Waals surface area contributed by atoms with Gasteiger partial charge in [0.2, 0.25) is 6.79 Å². The first kappa shape index (κ1) is 19.0. The highest BCUT2D eigenvalue weighted by atomic mass is 19.1. The highest BCUT2D eigenvalue weighted by molar-refractivity contribution is 5.44. The van der Waals surface area contributed by atoms with Crippen molar-refractivity contribution in [3.63, 3.8) is 0 Å². The minimum Gasteiger partial charge on any atom is -0.491 e. The number of β-amino-alcohol motifs (C(OH)–C–C–N with tert-alkyl or cyclic N) is 1. The minimum absolute atomic E-state index is 0.197. The average molecular weight is 388 g/mol. The van der Waals surface area contributed by atoms with Crippen LogP contribution in [0, 0.1) is 5.82 Å². The normalized spacial score (nSPS) is 18.2. The molecule has 1 N–H and O–H groups in total. The molecule has 1 atom stereocenters. The molecule has 2 aliphatic rings. The van der Waals surface area contributed by atoms with Gasteiger partial charge in [0.15, 0.2) is 11.5 Å². The molecule has 7 heteroatoms. The molecule has 28 heavy (non-hydrogen) atoms. The number of ether oxygens (including phenoxy) is 3. The minimum atomic E-state index is -0.578. The van der Waals surface area contributed by atoms with Gasteiger partial charge >= 0.3 is 0 Å². The number of fused-ring (bicyclic) bond motifs is 1. The maximum Gasteiger partial charge on any atom is 0.231 e. The molecule has 2 aliphatic heterocycles. The van der Waals surface area contributed by atoms with Gasteiger partial charge in [-0.25, -0.2) is 4.39 Å². The van der Waals surface area contributed by atoms with Crippen molar-refractivity contribution in [3.05, 3.63) is 53.8 Å². The van der Waals surface area contributed by atoms with Crippen LogP contribution in [-0.4, -0.2) is 67.1 Å². The maximum atomic E-state index is 12.9. The van der Waals surface area contributed by atoms with Crippen molar-refractivity contribution in [2.45, 2.75) is 12.6 Å². The highest BCUT2D eigenvalue weighted by Crippen LogP contribution is 2.32. The molecule has 0 bridgehead atoms. The van der Waals surface area contributed by atoms with Crippen LogP contribution in [0.1, 0.15) is 5.56 Å². The third kappa shape index (κ3) is 4.92. The molecule has 1 fully saturated rings. The van der Waals surface area contributed by atoms with Gasteiger partial charge in [-0.2, -0.15) is 0 Å². The van der Waals surface area contributed by atoms with Crippen molar-refractivity contribution >= 4 is 0 Å². The van der Waals surface area contributed by atoms with Crippen molar-refractivity contribution in [1.29, 1.82) is 0 Å². The van der Waals surface area contributed by atoms with Crippen LogP contribution in [0.2, 0.25) is 0 Å². The smallest absolute Gasteiger partial charge is 0.231 e. The first-order chi connectivity index (χ1) is 13.7. The Hall–Kier alpha value is -2.35. The second-order valence-corrected chi connectivity index (χ2v) is 7.18. The predicted molar refractivity (Wildman–Crippen MR) is 102 cm³/mol. The van der Waals surface area contributed by atoms with E-state index in [-0.39, 0.29) is 12.4 Å². The monoisotopic (exact) mass is 388 g/mol. The van der Waals surface area contributed by atoms with Gasteiger partial charge in [0.1, 0.15) is 24.3 Å². The second-order valence-electron chi connectivity index (χ2n) is 7.18. The van der Waals surface area contributed by atoms with E-state index < -0.39 is 6.10 Å². The topological polar surface area (TPSA) is 54.4 Å². The standard InChI is InChI=1S/C21H25FN2O4/c22-17-2-4-19(5-3-17)26-14-18(25)13-24-9-7-23(8-10-24)12-16-1-6-20-21(11-16)28-15-27-20/h1-6,11,18,25H,7-10,12-15H2/t18-/m0/s1. The zero-order chi connectivity index (χ0) is 19.3. The van der Waals surface area contributed by atoms with Gasteiger partial charge in [-0.1, -0.05) is 6.07 Å². The molecule has 0 spiro atoms. The number of hydrogen-bond donors (Lipinski definition) is 1. The molecule has 0 aliphatic carbocycles. The summed E-state index contributed by atoms with van der Waals surface area (Å²) in [6, 6.07) is 11.9. The number of rotatable bonds is 7. The van der Waals surface area contributed by atoms with Crippen LogP contribution in [0.5, 0.6) is 17.2 Å². The lowest BCUT2D eigenvalue weighted by molar-refractivity contribution is 0.0446. The van der Waals surface area contributed by atoms with Gasteiger partial charge in [0.25, 0.3) is 0 Å². The van der Waals surface area contributed by atoms with Crippen molar-refractivity contribution in [2.75, 3.05) is 46.1 Å². The van der Waals surface area contributed by atoms with Crippen molar-refractivity contribution in [2.24, 2.45) is 0 Å². The Labute approximate surface area is 164 Å². The Morgan fingerprint density at radius 1 is 0.964 bits per heavy atom. The van der Waals surface area contributed by atoms with E-state index in [2.05, 4.69) is 15.9 Å². The predicted octanol–water partition coefficient (Wildman–Crippen LogP) is 2.11. The summed E-state index contributed by atoms with van der Waals surface area (Å²) in [7, 11) is 0. The van der Waals surface area contributed by atoms with E-state index in [1.54, 1.807) is 12.1 Å². The number of piperazine rings is 1. The molecule has 2 aromatic rings. The van der Waals surface area contributed by atoms with Crippen LogP contribution in [0.15, 0.2) is 42.5 Å². The lowest BCUT2D eigenvalue weighted by Gasteiger charge is -2.35. The summed E-state index contributed by atoms with van der Waals surface area (Å²) in [5.41, 5.74) is 1.21. The summed E-state index contributed by atoms with van der Waals surface area (Å²) >= 11 is 0. The fraction of sp³-hybridized carbons (Fsp3) is 0.429. The third-order valence-electron chi connectivity index (χ3n) is 5.03. The van der Waals surface area contributed by atoms with E-state index in [1.165, 1.54) is 17.7 Å². The fourth-order valence-corrected chi connectivity index (χ4v) is 3.50. The summed E-state index contributed by atoms with van der Waals surface area (Å²) in [5, 5.41) is 10.2. The van der Waals surface area contributed by atoms with Gasteiger partial charge in [0.05, 0.1) is 0 Å². The number of aliphatic hydroxyl groups is 1. The molecule has 0 radical (unpaired) electrons. The van der Waals surface area contributed by atoms with Crippen LogP contribution in [0.4, 0.5) is 4.39 Å².